The van der Waals surface area contributed by atoms with Gasteiger partial charge in [-0.25, -0.2) is 52.7 Å². The molecule has 0 amide bonds. The van der Waals surface area contributed by atoms with Crippen LogP contribution < -0.4 is 19.6 Å². The van der Waals surface area contributed by atoms with Crippen LogP contribution in [0.3, 0.4) is 0 Å². The monoisotopic (exact) mass is 1920 g/mol. The Morgan fingerprint density at radius 3 is 0.527 bits per heavy atom. The van der Waals surface area contributed by atoms with Crippen LogP contribution in [0.2, 0.25) is 0 Å². The van der Waals surface area contributed by atoms with E-state index in [9.17, 15) is 35.1 Å². The van der Waals surface area contributed by atoms with Crippen molar-refractivity contribution < 1.29 is 52.7 Å². The summed E-state index contributed by atoms with van der Waals surface area (Å²) >= 11 is 0. The Labute approximate surface area is 832 Å². The van der Waals surface area contributed by atoms with Gasteiger partial charge in [-0.3, -0.25) is 0 Å². The average molecular weight is 1930 g/mol. The second-order valence-corrected chi connectivity index (χ2v) is 36.6. The summed E-state index contributed by atoms with van der Waals surface area (Å²) in [5.41, 5.74) is 17.8. The van der Waals surface area contributed by atoms with Crippen LogP contribution in [-0.4, -0.2) is 0 Å². The van der Waals surface area contributed by atoms with E-state index in [-0.39, 0.29) is 11.4 Å². The lowest BCUT2D eigenvalue weighted by molar-refractivity contribution is 0.627. The lowest BCUT2D eigenvalue weighted by Gasteiger charge is -2.30. The van der Waals surface area contributed by atoms with Gasteiger partial charge >= 0.3 is 0 Å². The van der Waals surface area contributed by atoms with Crippen molar-refractivity contribution in [1.82, 2.24) is 0 Å². The summed E-state index contributed by atoms with van der Waals surface area (Å²) in [5, 5.41) is 10.4. The zero-order chi connectivity index (χ0) is 99.8. The van der Waals surface area contributed by atoms with Crippen molar-refractivity contribution in [3.8, 4) is 89.0 Å². The number of anilines is 12. The van der Waals surface area contributed by atoms with Crippen LogP contribution in [0.15, 0.2) is 449 Å². The Kier molecular flexibility index (Phi) is 23.8. The summed E-state index contributed by atoms with van der Waals surface area (Å²) in [6.45, 7) is 3.65. The Balaban J connectivity index is 0.000000161. The predicted octanol–water partition coefficient (Wildman–Crippen LogP) is 38.7. The molecule has 0 aliphatic carbocycles. The Hall–Kier alpha value is -18.3. The number of benzene rings is 24. The van der Waals surface area contributed by atoms with Gasteiger partial charge in [-0.1, -0.05) is 194 Å². The molecule has 0 radical (unpaired) electrons. The lowest BCUT2D eigenvalue weighted by atomic mass is 9.91. The van der Waals surface area contributed by atoms with Gasteiger partial charge in [0.2, 0.25) is 0 Å². The first-order chi connectivity index (χ1) is 71.0. The smallest absolute Gasteiger partial charge is 0.147 e. The van der Waals surface area contributed by atoms with Crippen LogP contribution in [0.1, 0.15) is 11.1 Å². The summed E-state index contributed by atoms with van der Waals surface area (Å²) in [4.78, 5) is 7.64. The second kappa shape index (κ2) is 38.0. The Morgan fingerprint density at radius 1 is 0.137 bits per heavy atom. The van der Waals surface area contributed by atoms with Gasteiger partial charge in [-0.2, -0.15) is 0 Å². The molecule has 0 saturated heterocycles. The molecule has 24 aromatic rings. The Morgan fingerprint density at radius 2 is 0.322 bits per heavy atom. The molecule has 0 fully saturated rings. The van der Waals surface area contributed by atoms with Crippen molar-refractivity contribution in [1.29, 1.82) is 0 Å². The second-order valence-electron chi connectivity index (χ2n) is 36.6. The van der Waals surface area contributed by atoms with Crippen LogP contribution in [0.4, 0.5) is 121 Å². The highest BCUT2D eigenvalue weighted by atomic mass is 19.2. The van der Waals surface area contributed by atoms with Gasteiger partial charge in [-0.15, -0.1) is 0 Å². The van der Waals surface area contributed by atoms with Crippen molar-refractivity contribution in [2.75, 3.05) is 19.6 Å². The normalized spacial score (nSPS) is 11.5. The summed E-state index contributed by atoms with van der Waals surface area (Å²) in [7, 11) is 0. The van der Waals surface area contributed by atoms with Crippen LogP contribution >= 0.6 is 0 Å². The number of aryl methyl sites for hydroxylation is 2. The zero-order valence-corrected chi connectivity index (χ0v) is 78.0. The molecule has 24 aromatic carbocycles. The Bertz CT molecular complexity index is 8500. The molecule has 0 aliphatic heterocycles. The van der Waals surface area contributed by atoms with Gasteiger partial charge in [0, 0.05) is 55.7 Å². The van der Waals surface area contributed by atoms with Gasteiger partial charge in [0.25, 0.3) is 0 Å². The number of hydrogen-bond acceptors (Lipinski definition) is 4. The number of nitrogens with zero attached hydrogens (tertiary/aromatic N) is 4. The summed E-state index contributed by atoms with van der Waals surface area (Å²) < 4.78 is 184. The van der Waals surface area contributed by atoms with E-state index in [2.05, 4.69) is 0 Å². The fraction of sp³-hybridized carbons (Fsp3) is 0.0154. The highest BCUT2D eigenvalue weighted by Gasteiger charge is 2.30. The molecule has 4 nitrogen and oxygen atoms in total. The van der Waals surface area contributed by atoms with E-state index in [0.717, 1.165) is 75.8 Å². The molecule has 0 bridgehead atoms. The first-order valence-electron chi connectivity index (χ1n) is 47.4. The molecule has 0 aliphatic rings. The van der Waals surface area contributed by atoms with Crippen LogP contribution in [0.5, 0.6) is 0 Å². The van der Waals surface area contributed by atoms with E-state index in [0.29, 0.717) is 146 Å². The molecule has 0 unspecified atom stereocenters. The van der Waals surface area contributed by atoms with Crippen molar-refractivity contribution in [2.24, 2.45) is 0 Å². The van der Waals surface area contributed by atoms with Gasteiger partial charge in [0.05, 0.1) is 34.1 Å². The third-order valence-corrected chi connectivity index (χ3v) is 27.0. The SMILES string of the molecule is Cc1ccc(N(c2cc(-c3cccc(F)c3)cc(-c3cccc(F)c3)c2)c2ccc3ccc4c(N(c5cc(-c6cccc(F)c6)cc(-c6cccc(F)c6)c5)c5ccc(C)cc5F)ccc5ccc2c3c54)c(F)c1.Fc1cccc(-c2cc(-c3cccc(F)c3)cc(N(c3cccc(F)c3)c3ccc4ccc5c(N(c6cccc(F)c6)c6cc(-c7cccc(F)c7)cc(-c7cccc(F)c7)c6)ccc6ccc3c4c65)c2)c1. The summed E-state index contributed by atoms with van der Waals surface area (Å²) in [6.07, 6.45) is 0. The molecule has 704 valence electrons. The molecule has 16 heteroatoms. The van der Waals surface area contributed by atoms with Crippen LogP contribution in [0, 0.1) is 83.7 Å². The number of hydrogen-bond donors (Lipinski definition) is 0. The van der Waals surface area contributed by atoms with E-state index < -0.39 is 69.8 Å². The molecule has 0 atom stereocenters. The summed E-state index contributed by atoms with van der Waals surface area (Å²) in [5.74, 6) is -5.24. The minimum absolute atomic E-state index is 0.251. The van der Waals surface area contributed by atoms with Gasteiger partial charge in [-0.05, 0) is 412 Å². The zero-order valence-electron chi connectivity index (χ0n) is 78.0. The van der Waals surface area contributed by atoms with Crippen LogP contribution in [0.25, 0.3) is 154 Å². The van der Waals surface area contributed by atoms with E-state index in [1.54, 1.807) is 97.1 Å². The molecule has 24 rings (SSSR count). The fourth-order valence-electron chi connectivity index (χ4n) is 20.4. The highest BCUT2D eigenvalue weighted by molar-refractivity contribution is 6.30. The van der Waals surface area contributed by atoms with Gasteiger partial charge < -0.3 is 19.6 Å². The molecule has 0 heterocycles. The quantitative estimate of drug-likeness (QED) is 0.0557. The summed E-state index contributed by atoms with van der Waals surface area (Å²) in [6, 6.07) is 128. The first-order valence-corrected chi connectivity index (χ1v) is 47.4. The highest BCUT2D eigenvalue weighted by Crippen LogP contribution is 2.55. The lowest BCUT2D eigenvalue weighted by Crippen LogP contribution is -2.14. The molecular weight excluding hydrogens is 1850 g/mol. The third-order valence-electron chi connectivity index (χ3n) is 27.0. The maximum absolute atomic E-state index is 16.8. The maximum Gasteiger partial charge on any atom is 0.147 e. The van der Waals surface area contributed by atoms with E-state index >= 15 is 17.6 Å². The van der Waals surface area contributed by atoms with E-state index in [1.807, 2.05) is 252 Å². The molecule has 0 saturated carbocycles. The van der Waals surface area contributed by atoms with E-state index in [1.165, 1.54) is 133 Å². The number of halogens is 12. The minimum atomic E-state index is -0.477. The molecule has 146 heavy (non-hydrogen) atoms. The molecular formula is C130H80F12N4. The molecule has 0 aromatic heterocycles. The van der Waals surface area contributed by atoms with Gasteiger partial charge in [0.1, 0.15) is 69.8 Å². The topological polar surface area (TPSA) is 13.0 Å². The third kappa shape index (κ3) is 17.8. The molecule has 0 spiro atoms. The molecule has 0 N–H and O–H groups in total. The predicted molar refractivity (Wildman–Crippen MR) is 571 cm³/mol. The van der Waals surface area contributed by atoms with Crippen LogP contribution in [-0.2, 0) is 0 Å². The minimum Gasteiger partial charge on any atom is -0.310 e. The maximum atomic E-state index is 16.8. The average Bonchev–Trinajstić information content (AvgIpc) is 0.718. The van der Waals surface area contributed by atoms with Crippen molar-refractivity contribution in [3.63, 3.8) is 0 Å². The van der Waals surface area contributed by atoms with Crippen molar-refractivity contribution in [2.45, 2.75) is 13.8 Å². The van der Waals surface area contributed by atoms with Crippen molar-refractivity contribution in [3.05, 3.63) is 530 Å². The van der Waals surface area contributed by atoms with E-state index in [4.69, 9.17) is 0 Å². The van der Waals surface area contributed by atoms with Gasteiger partial charge in [0.15, 0.2) is 0 Å². The standard InChI is InChI=1S/C66H42F6N2.C64H38F6N2/c1-39-15-23-63(59(71)27-39)73(55-35-47(43-7-3-11-51(67)31-43)29-48(36-55)44-8-4-12-52(68)32-44)61-25-19-41-18-22-58-62(26-20-42-17-21-57(61)65(41)66(42)58)74(64-24-16-40(2)28-60(64)72)56-37-49(45-9-5-13-53(69)33-45)30-50(38-56)46-10-6-14-54(70)34-46;65-49-11-1-7-41(29-49)45-27-46(42-8-2-12-50(66)30-42)34-57(33-45)71(55-17-5-15-53(69)37-55)61-25-21-39-20-24-60-62(26-22-40-19-23-59(61)63(39)64(40)60)72(56-18-6-16-54(70)38-56)58-35-47(43-9-3-13-51(67)31-43)28-48(36-58)44-10-4-14-52(68)32-44/h3-38H,1-2H3;1-38H. The number of rotatable bonds is 20. The first kappa shape index (κ1) is 91.5. The largest absolute Gasteiger partial charge is 0.310 e. The fourth-order valence-corrected chi connectivity index (χ4v) is 20.4. The van der Waals surface area contributed by atoms with Crippen molar-refractivity contribution >= 4 is 133 Å².